The van der Waals surface area contributed by atoms with Crippen LogP contribution in [0.1, 0.15) is 31.2 Å². The third kappa shape index (κ3) is 3.27. The first-order valence-electron chi connectivity index (χ1n) is 7.81. The molecule has 120 valence electrons. The van der Waals surface area contributed by atoms with Gasteiger partial charge in [-0.2, -0.15) is 0 Å². The number of carbonyl (C=O) groups excluding carboxylic acids is 1. The maximum absolute atomic E-state index is 12.1. The second-order valence-corrected chi connectivity index (χ2v) is 8.25. The molecule has 2 amide bonds. The van der Waals surface area contributed by atoms with Crippen LogP contribution in [0.3, 0.4) is 0 Å². The van der Waals surface area contributed by atoms with Gasteiger partial charge >= 0.3 is 6.03 Å². The maximum atomic E-state index is 12.1. The molecule has 2 bridgehead atoms. The molecule has 0 aliphatic heterocycles. The van der Waals surface area contributed by atoms with Crippen LogP contribution >= 0.6 is 0 Å². The van der Waals surface area contributed by atoms with Crippen molar-refractivity contribution in [2.24, 2.45) is 17.8 Å². The van der Waals surface area contributed by atoms with E-state index >= 15 is 0 Å². The van der Waals surface area contributed by atoms with E-state index in [0.29, 0.717) is 18.4 Å². The summed E-state index contributed by atoms with van der Waals surface area (Å²) in [5, 5.41) is 2.72. The lowest BCUT2D eigenvalue weighted by molar-refractivity contribution is 0.239. The topological polar surface area (TPSA) is 75.3 Å². The number of hydrogen-bond donors (Lipinski definition) is 2. The molecule has 6 heteroatoms. The summed E-state index contributed by atoms with van der Waals surface area (Å²) in [7, 11) is -3.79. The fraction of sp³-hybridized carbons (Fsp3) is 0.562. The summed E-state index contributed by atoms with van der Waals surface area (Å²) >= 11 is 0. The average Bonchev–Trinajstić information content (AvgIpc) is 3.07. The molecule has 5 nitrogen and oxygen atoms in total. The number of aryl methyl sites for hydroxylation is 1. The van der Waals surface area contributed by atoms with E-state index in [1.807, 2.05) is 6.92 Å². The minimum Gasteiger partial charge on any atom is -0.337 e. The van der Waals surface area contributed by atoms with E-state index in [9.17, 15) is 13.2 Å². The highest BCUT2D eigenvalue weighted by molar-refractivity contribution is 7.90. The second-order valence-electron chi connectivity index (χ2n) is 6.56. The minimum atomic E-state index is -3.79. The molecule has 3 atom stereocenters. The predicted octanol–water partition coefficient (Wildman–Crippen LogP) is 2.42. The Kier molecular flexibility index (Phi) is 4.12. The molecule has 1 aromatic carbocycles. The summed E-state index contributed by atoms with van der Waals surface area (Å²) in [5.41, 5.74) is 0.972. The van der Waals surface area contributed by atoms with Gasteiger partial charge in [0.25, 0.3) is 10.0 Å². The molecule has 22 heavy (non-hydrogen) atoms. The molecule has 0 radical (unpaired) electrons. The molecule has 3 rings (SSSR count). The fourth-order valence-electron chi connectivity index (χ4n) is 3.78. The normalized spacial score (nSPS) is 26.9. The highest BCUT2D eigenvalue weighted by Gasteiger charge is 2.39. The quantitative estimate of drug-likeness (QED) is 0.894. The van der Waals surface area contributed by atoms with Crippen molar-refractivity contribution >= 4 is 16.1 Å². The second kappa shape index (κ2) is 5.91. The molecule has 2 N–H and O–H groups in total. The van der Waals surface area contributed by atoms with Crippen molar-refractivity contribution in [1.29, 1.82) is 0 Å². The summed E-state index contributed by atoms with van der Waals surface area (Å²) in [6, 6.07) is 5.79. The third-order valence-corrected chi connectivity index (χ3v) is 6.31. The van der Waals surface area contributed by atoms with Gasteiger partial charge in [0.2, 0.25) is 0 Å². The van der Waals surface area contributed by atoms with E-state index in [-0.39, 0.29) is 4.90 Å². The first-order chi connectivity index (χ1) is 10.4. The fourth-order valence-corrected chi connectivity index (χ4v) is 4.71. The van der Waals surface area contributed by atoms with Crippen LogP contribution in [0.25, 0.3) is 0 Å². The largest absolute Gasteiger partial charge is 0.337 e. The van der Waals surface area contributed by atoms with Crippen LogP contribution < -0.4 is 10.0 Å². The number of benzene rings is 1. The molecule has 0 aromatic heterocycles. The zero-order valence-corrected chi connectivity index (χ0v) is 13.5. The molecular weight excluding hydrogens is 300 g/mol. The average molecular weight is 322 g/mol. The van der Waals surface area contributed by atoms with Crippen molar-refractivity contribution in [2.75, 3.05) is 6.54 Å². The van der Waals surface area contributed by atoms with Crippen LogP contribution in [0.4, 0.5) is 4.79 Å². The third-order valence-electron chi connectivity index (χ3n) is 4.97. The molecule has 2 saturated carbocycles. The standard InChI is InChI=1S/C16H22N2O3S/c1-11-2-6-15(7-3-11)22(20,21)18-16(19)17-10-14-9-12-4-5-13(14)8-12/h2-3,6-7,12-14H,4-5,8-10H2,1H3,(H2,17,18,19)/t12-,13-,14-/m1/s1. The molecule has 0 heterocycles. The Morgan fingerprint density at radius 3 is 2.50 bits per heavy atom. The number of amides is 2. The van der Waals surface area contributed by atoms with Gasteiger partial charge in [0.05, 0.1) is 4.90 Å². The maximum Gasteiger partial charge on any atom is 0.328 e. The number of nitrogens with one attached hydrogen (secondary N) is 2. The molecule has 2 fully saturated rings. The number of urea groups is 1. The number of sulfonamides is 1. The Morgan fingerprint density at radius 1 is 1.18 bits per heavy atom. The highest BCUT2D eigenvalue weighted by Crippen LogP contribution is 2.47. The summed E-state index contributed by atoms with van der Waals surface area (Å²) in [4.78, 5) is 12.0. The van der Waals surface area contributed by atoms with Crippen molar-refractivity contribution in [3.63, 3.8) is 0 Å². The first-order valence-corrected chi connectivity index (χ1v) is 9.29. The van der Waals surface area contributed by atoms with Crippen molar-refractivity contribution < 1.29 is 13.2 Å². The van der Waals surface area contributed by atoms with Crippen molar-refractivity contribution in [1.82, 2.24) is 10.0 Å². The molecule has 0 unspecified atom stereocenters. The summed E-state index contributed by atoms with van der Waals surface area (Å²) in [6.07, 6.45) is 5.00. The van der Waals surface area contributed by atoms with Gasteiger partial charge in [-0.05, 0) is 56.1 Å². The highest BCUT2D eigenvalue weighted by atomic mass is 32.2. The van der Waals surface area contributed by atoms with Crippen molar-refractivity contribution in [3.8, 4) is 0 Å². The molecule has 2 aliphatic carbocycles. The zero-order chi connectivity index (χ0) is 15.7. The van der Waals surface area contributed by atoms with Crippen LogP contribution in [0.15, 0.2) is 29.2 Å². The Bertz CT molecular complexity index is 654. The van der Waals surface area contributed by atoms with Gasteiger partial charge in [0, 0.05) is 6.54 Å². The molecular formula is C16H22N2O3S. The molecule has 1 aromatic rings. The van der Waals surface area contributed by atoms with Crippen LogP contribution in [0, 0.1) is 24.7 Å². The van der Waals surface area contributed by atoms with E-state index in [2.05, 4.69) is 10.0 Å². The zero-order valence-electron chi connectivity index (χ0n) is 12.7. The van der Waals surface area contributed by atoms with Crippen LogP contribution in [-0.4, -0.2) is 21.0 Å². The van der Waals surface area contributed by atoms with E-state index in [1.54, 1.807) is 12.1 Å². The number of carbonyl (C=O) groups is 1. The monoisotopic (exact) mass is 322 g/mol. The molecule has 2 aliphatic rings. The Balaban J connectivity index is 1.53. The van der Waals surface area contributed by atoms with E-state index in [1.165, 1.54) is 31.4 Å². The van der Waals surface area contributed by atoms with Gasteiger partial charge in [-0.1, -0.05) is 24.1 Å². The smallest absolute Gasteiger partial charge is 0.328 e. The number of fused-ring (bicyclic) bond motifs is 2. The van der Waals surface area contributed by atoms with Gasteiger partial charge in [-0.25, -0.2) is 17.9 Å². The van der Waals surface area contributed by atoms with E-state index in [4.69, 9.17) is 0 Å². The van der Waals surface area contributed by atoms with Crippen molar-refractivity contribution in [2.45, 2.75) is 37.5 Å². The van der Waals surface area contributed by atoms with Gasteiger partial charge in [0.1, 0.15) is 0 Å². The van der Waals surface area contributed by atoms with Gasteiger partial charge in [-0.15, -0.1) is 0 Å². The first kappa shape index (κ1) is 15.3. The Hall–Kier alpha value is -1.56. The molecule has 0 saturated heterocycles. The lowest BCUT2D eigenvalue weighted by Gasteiger charge is -2.21. The summed E-state index contributed by atoms with van der Waals surface area (Å²) in [6.45, 7) is 2.45. The predicted molar refractivity (Wildman–Crippen MR) is 83.8 cm³/mol. The lowest BCUT2D eigenvalue weighted by Crippen LogP contribution is -2.42. The summed E-state index contributed by atoms with van der Waals surface area (Å²) < 4.78 is 26.3. The van der Waals surface area contributed by atoms with Crippen molar-refractivity contribution in [3.05, 3.63) is 29.8 Å². The van der Waals surface area contributed by atoms with E-state index < -0.39 is 16.1 Å². The SMILES string of the molecule is Cc1ccc(S(=O)(=O)NC(=O)NC[C@H]2C[C@@H]3CC[C@@H]2C3)cc1. The van der Waals surface area contributed by atoms with Gasteiger partial charge in [-0.3, -0.25) is 0 Å². The van der Waals surface area contributed by atoms with Crippen LogP contribution in [0.5, 0.6) is 0 Å². The molecule has 0 spiro atoms. The van der Waals surface area contributed by atoms with Crippen LogP contribution in [-0.2, 0) is 10.0 Å². The van der Waals surface area contributed by atoms with E-state index in [0.717, 1.165) is 17.9 Å². The van der Waals surface area contributed by atoms with Crippen LogP contribution in [0.2, 0.25) is 0 Å². The Labute approximate surface area is 131 Å². The Morgan fingerprint density at radius 2 is 1.91 bits per heavy atom. The summed E-state index contributed by atoms with van der Waals surface area (Å²) in [5.74, 6) is 2.03. The van der Waals surface area contributed by atoms with Gasteiger partial charge < -0.3 is 5.32 Å². The number of hydrogen-bond acceptors (Lipinski definition) is 3. The van der Waals surface area contributed by atoms with Gasteiger partial charge in [0.15, 0.2) is 0 Å². The minimum absolute atomic E-state index is 0.105. The number of rotatable bonds is 4. The lowest BCUT2D eigenvalue weighted by atomic mass is 9.89.